The third-order valence-corrected chi connectivity index (χ3v) is 4.42. The molecule has 0 radical (unpaired) electrons. The molecule has 1 amide bonds. The zero-order valence-corrected chi connectivity index (χ0v) is 14.1. The minimum absolute atomic E-state index is 0.113. The van der Waals surface area contributed by atoms with Gasteiger partial charge in [-0.1, -0.05) is 18.2 Å². The van der Waals surface area contributed by atoms with E-state index < -0.39 is 17.2 Å². The molecular weight excluding hydrogens is 342 g/mol. The monoisotopic (exact) mass is 357 g/mol. The van der Waals surface area contributed by atoms with Gasteiger partial charge in [0.05, 0.1) is 19.3 Å². The Balaban J connectivity index is 1.93. The van der Waals surface area contributed by atoms with Crippen LogP contribution in [0.5, 0.6) is 5.75 Å². The number of rotatable bonds is 5. The number of anilines is 1. The van der Waals surface area contributed by atoms with E-state index in [4.69, 9.17) is 4.74 Å². The Morgan fingerprint density at radius 3 is 2.76 bits per heavy atom. The number of para-hydroxylation sites is 2. The van der Waals surface area contributed by atoms with Gasteiger partial charge in [0.25, 0.3) is 11.5 Å². The summed E-state index contributed by atoms with van der Waals surface area (Å²) in [5, 5.41) is 4.48. The predicted molar refractivity (Wildman–Crippen MR) is 95.7 cm³/mol. The number of H-pyrrole nitrogens is 1. The van der Waals surface area contributed by atoms with Gasteiger partial charge in [0.15, 0.2) is 0 Å². The first-order valence-corrected chi connectivity index (χ1v) is 8.27. The Hall–Kier alpha value is -3.13. The number of hydrogen-bond acceptors (Lipinski definition) is 5. The molecule has 3 rings (SSSR count). The van der Waals surface area contributed by atoms with Crippen LogP contribution in [0.25, 0.3) is 0 Å². The normalized spacial score (nSPS) is 10.4. The molecule has 0 bridgehead atoms. The van der Waals surface area contributed by atoms with Crippen LogP contribution in [-0.2, 0) is 6.54 Å². The van der Waals surface area contributed by atoms with Crippen molar-refractivity contribution in [2.75, 3.05) is 12.4 Å². The zero-order chi connectivity index (χ0) is 17.8. The van der Waals surface area contributed by atoms with Crippen molar-refractivity contribution in [3.05, 3.63) is 79.3 Å². The van der Waals surface area contributed by atoms with Gasteiger partial charge in [0.2, 0.25) is 0 Å². The van der Waals surface area contributed by atoms with Gasteiger partial charge in [-0.25, -0.2) is 4.79 Å². The molecule has 0 fully saturated rings. The number of aromatic nitrogens is 2. The van der Waals surface area contributed by atoms with Crippen molar-refractivity contribution >= 4 is 22.9 Å². The van der Waals surface area contributed by atoms with Crippen LogP contribution in [0.2, 0.25) is 0 Å². The summed E-state index contributed by atoms with van der Waals surface area (Å²) in [7, 11) is 1.49. The maximum absolute atomic E-state index is 12.6. The molecular formula is C17H15N3O4S. The van der Waals surface area contributed by atoms with Crippen LogP contribution in [0.4, 0.5) is 5.69 Å². The van der Waals surface area contributed by atoms with Gasteiger partial charge in [0, 0.05) is 11.1 Å². The number of carbonyl (C=O) groups excluding carboxylic acids is 1. The zero-order valence-electron chi connectivity index (χ0n) is 13.3. The molecule has 0 saturated carbocycles. The second kappa shape index (κ2) is 7.18. The van der Waals surface area contributed by atoms with Crippen LogP contribution < -0.4 is 21.3 Å². The molecule has 0 aliphatic heterocycles. The predicted octanol–water partition coefficient (Wildman–Crippen LogP) is 1.91. The molecule has 0 atom stereocenters. The fraction of sp³-hybridized carbons (Fsp3) is 0.118. The Bertz CT molecular complexity index is 1010. The highest BCUT2D eigenvalue weighted by molar-refractivity contribution is 7.09. The highest BCUT2D eigenvalue weighted by Crippen LogP contribution is 2.23. The van der Waals surface area contributed by atoms with Gasteiger partial charge < -0.3 is 15.0 Å². The van der Waals surface area contributed by atoms with Crippen molar-refractivity contribution in [3.8, 4) is 5.75 Å². The first-order chi connectivity index (χ1) is 12.1. The molecule has 2 heterocycles. The van der Waals surface area contributed by atoms with E-state index in [1.165, 1.54) is 18.4 Å². The Labute approximate surface area is 146 Å². The van der Waals surface area contributed by atoms with Gasteiger partial charge in [-0.15, -0.1) is 11.3 Å². The van der Waals surface area contributed by atoms with E-state index in [1.807, 2.05) is 17.5 Å². The van der Waals surface area contributed by atoms with Gasteiger partial charge in [-0.3, -0.25) is 14.2 Å². The summed E-state index contributed by atoms with van der Waals surface area (Å²) in [6.45, 7) is 0.113. The minimum Gasteiger partial charge on any atom is -0.495 e. The molecule has 0 aliphatic rings. The smallest absolute Gasteiger partial charge is 0.328 e. The number of benzene rings is 1. The number of ether oxygens (including phenoxy) is 1. The van der Waals surface area contributed by atoms with Crippen LogP contribution in [0.1, 0.15) is 15.2 Å². The molecule has 1 aromatic carbocycles. The summed E-state index contributed by atoms with van der Waals surface area (Å²) in [6.07, 6.45) is 1.13. The summed E-state index contributed by atoms with van der Waals surface area (Å²) in [5.74, 6) is -0.148. The van der Waals surface area contributed by atoms with Crippen LogP contribution in [-0.4, -0.2) is 22.6 Å². The summed E-state index contributed by atoms with van der Waals surface area (Å²) < 4.78 is 6.17. The minimum atomic E-state index is -0.649. The third-order valence-electron chi connectivity index (χ3n) is 3.55. The van der Waals surface area contributed by atoms with Gasteiger partial charge in [0.1, 0.15) is 11.3 Å². The quantitative estimate of drug-likeness (QED) is 0.729. The SMILES string of the molecule is COc1ccccc1NC(=O)c1c[nH]c(=O)n(Cc2cccs2)c1=O. The van der Waals surface area contributed by atoms with Gasteiger partial charge in [-0.05, 0) is 23.6 Å². The molecule has 0 aliphatic carbocycles. The topological polar surface area (TPSA) is 93.2 Å². The Kier molecular flexibility index (Phi) is 4.80. The number of hydrogen-bond donors (Lipinski definition) is 2. The molecule has 0 saturated heterocycles. The average Bonchev–Trinajstić information content (AvgIpc) is 3.12. The van der Waals surface area contributed by atoms with Crippen molar-refractivity contribution in [1.82, 2.24) is 9.55 Å². The lowest BCUT2D eigenvalue weighted by molar-refractivity contribution is 0.102. The van der Waals surface area contributed by atoms with E-state index in [-0.39, 0.29) is 12.1 Å². The van der Waals surface area contributed by atoms with Crippen molar-refractivity contribution < 1.29 is 9.53 Å². The van der Waals surface area contributed by atoms with E-state index in [0.29, 0.717) is 11.4 Å². The molecule has 7 nitrogen and oxygen atoms in total. The highest BCUT2D eigenvalue weighted by atomic mass is 32.1. The number of methoxy groups -OCH3 is 1. The fourth-order valence-electron chi connectivity index (χ4n) is 2.31. The maximum Gasteiger partial charge on any atom is 0.328 e. The summed E-state index contributed by atoms with van der Waals surface area (Å²) >= 11 is 1.43. The van der Waals surface area contributed by atoms with Gasteiger partial charge >= 0.3 is 5.69 Å². The fourth-order valence-corrected chi connectivity index (χ4v) is 3.01. The van der Waals surface area contributed by atoms with E-state index in [2.05, 4.69) is 10.3 Å². The second-order valence-electron chi connectivity index (χ2n) is 5.13. The highest BCUT2D eigenvalue weighted by Gasteiger charge is 2.16. The summed E-state index contributed by atoms with van der Waals surface area (Å²) in [6, 6.07) is 10.5. The standard InChI is InChI=1S/C17H15N3O4S/c1-24-14-7-3-2-6-13(14)19-15(21)12-9-18-17(23)20(16(12)22)10-11-5-4-8-25-11/h2-9H,10H2,1H3,(H,18,23)(H,19,21). The lowest BCUT2D eigenvalue weighted by Crippen LogP contribution is -2.39. The number of nitrogens with one attached hydrogen (secondary N) is 2. The number of amides is 1. The van der Waals surface area contributed by atoms with Crippen molar-refractivity contribution in [2.45, 2.75) is 6.54 Å². The molecule has 8 heteroatoms. The summed E-state index contributed by atoms with van der Waals surface area (Å²) in [4.78, 5) is 40.3. The molecule has 128 valence electrons. The van der Waals surface area contributed by atoms with E-state index in [0.717, 1.165) is 15.6 Å². The first-order valence-electron chi connectivity index (χ1n) is 7.39. The molecule has 0 unspecified atom stereocenters. The van der Waals surface area contributed by atoms with Crippen LogP contribution >= 0.6 is 11.3 Å². The molecule has 2 N–H and O–H groups in total. The molecule has 25 heavy (non-hydrogen) atoms. The molecule has 3 aromatic rings. The first kappa shape index (κ1) is 16.7. The van der Waals surface area contributed by atoms with Crippen LogP contribution in [0, 0.1) is 0 Å². The van der Waals surface area contributed by atoms with E-state index in [9.17, 15) is 14.4 Å². The Morgan fingerprint density at radius 2 is 2.04 bits per heavy atom. The number of thiophene rings is 1. The number of carbonyl (C=O) groups is 1. The average molecular weight is 357 g/mol. The van der Waals surface area contributed by atoms with E-state index >= 15 is 0 Å². The number of nitrogens with zero attached hydrogens (tertiary/aromatic N) is 1. The van der Waals surface area contributed by atoms with Crippen LogP contribution in [0.3, 0.4) is 0 Å². The van der Waals surface area contributed by atoms with Crippen LogP contribution in [0.15, 0.2) is 57.6 Å². The maximum atomic E-state index is 12.6. The van der Waals surface area contributed by atoms with E-state index in [1.54, 1.807) is 24.3 Å². The lowest BCUT2D eigenvalue weighted by Gasteiger charge is -2.10. The third kappa shape index (κ3) is 3.53. The molecule has 0 spiro atoms. The molecule has 2 aromatic heterocycles. The van der Waals surface area contributed by atoms with Crippen molar-refractivity contribution in [3.63, 3.8) is 0 Å². The Morgan fingerprint density at radius 1 is 1.24 bits per heavy atom. The summed E-state index contributed by atoms with van der Waals surface area (Å²) in [5.41, 5.74) is -0.927. The largest absolute Gasteiger partial charge is 0.495 e. The van der Waals surface area contributed by atoms with Crippen molar-refractivity contribution in [2.24, 2.45) is 0 Å². The second-order valence-corrected chi connectivity index (χ2v) is 6.16. The van der Waals surface area contributed by atoms with Crippen molar-refractivity contribution in [1.29, 1.82) is 0 Å². The number of aromatic amines is 1. The lowest BCUT2D eigenvalue weighted by atomic mass is 10.2. The van der Waals surface area contributed by atoms with Gasteiger partial charge in [-0.2, -0.15) is 0 Å².